The van der Waals surface area contributed by atoms with Gasteiger partial charge in [-0.25, -0.2) is 0 Å². The van der Waals surface area contributed by atoms with Crippen LogP contribution in [0.5, 0.6) is 0 Å². The molecule has 0 aliphatic rings. The van der Waals surface area contributed by atoms with Crippen LogP contribution in [0.4, 0.5) is 0 Å². The molecule has 2 rings (SSSR count). The largest absolute Gasteiger partial charge is 0.329 e. The summed E-state index contributed by atoms with van der Waals surface area (Å²) in [6.07, 6.45) is 1.68. The van der Waals surface area contributed by atoms with E-state index < -0.39 is 0 Å². The van der Waals surface area contributed by atoms with Gasteiger partial charge < -0.3 is 5.73 Å². The van der Waals surface area contributed by atoms with Gasteiger partial charge in [0.05, 0.1) is 6.54 Å². The second-order valence-electron chi connectivity index (χ2n) is 3.68. The molecule has 0 spiro atoms. The van der Waals surface area contributed by atoms with Gasteiger partial charge in [0.25, 0.3) is 0 Å². The lowest BCUT2D eigenvalue weighted by molar-refractivity contribution is 0.528. The summed E-state index contributed by atoms with van der Waals surface area (Å²) >= 11 is 3.52. The average molecular weight is 296 g/mol. The fraction of sp³-hybridized carbons (Fsp3) is 0.364. The third kappa shape index (κ3) is 3.34. The Kier molecular flexibility index (Phi) is 4.22. The van der Waals surface area contributed by atoms with Crippen LogP contribution < -0.4 is 5.73 Å². The Morgan fingerprint density at radius 1 is 1.24 bits per heavy atom. The van der Waals surface area contributed by atoms with Crippen LogP contribution in [0.25, 0.3) is 0 Å². The first-order valence-corrected chi connectivity index (χ1v) is 6.29. The van der Waals surface area contributed by atoms with Crippen molar-refractivity contribution in [3.8, 4) is 0 Å². The van der Waals surface area contributed by atoms with Crippen LogP contribution in [-0.4, -0.2) is 26.8 Å². The number of nitrogens with zero attached hydrogens (tertiary/aromatic N) is 4. The van der Waals surface area contributed by atoms with Crippen molar-refractivity contribution in [1.29, 1.82) is 0 Å². The molecule has 0 fully saturated rings. The number of benzene rings is 1. The molecule has 0 aliphatic carbocycles. The predicted octanol–water partition coefficient (Wildman–Crippen LogP) is 1.18. The Balaban J connectivity index is 1.95. The second-order valence-corrected chi connectivity index (χ2v) is 4.54. The van der Waals surface area contributed by atoms with E-state index in [1.54, 1.807) is 0 Å². The highest BCUT2D eigenvalue weighted by molar-refractivity contribution is 9.10. The molecule has 0 unspecified atom stereocenters. The lowest BCUT2D eigenvalue weighted by Crippen LogP contribution is -2.12. The Morgan fingerprint density at radius 3 is 2.82 bits per heavy atom. The van der Waals surface area contributed by atoms with Crippen molar-refractivity contribution < 1.29 is 0 Å². The number of aryl methyl sites for hydroxylation is 2. The lowest BCUT2D eigenvalue weighted by Gasteiger charge is -2.01. The van der Waals surface area contributed by atoms with Crippen molar-refractivity contribution in [3.05, 3.63) is 40.1 Å². The molecule has 1 aromatic heterocycles. The van der Waals surface area contributed by atoms with E-state index in [0.717, 1.165) is 23.1 Å². The summed E-state index contributed by atoms with van der Waals surface area (Å²) in [5.41, 5.74) is 6.67. The number of hydrogen-bond acceptors (Lipinski definition) is 4. The molecule has 17 heavy (non-hydrogen) atoms. The maximum absolute atomic E-state index is 5.42. The van der Waals surface area contributed by atoms with Gasteiger partial charge in [-0.2, -0.15) is 4.80 Å². The zero-order valence-electron chi connectivity index (χ0n) is 9.38. The first kappa shape index (κ1) is 12.2. The number of halogens is 1. The van der Waals surface area contributed by atoms with Crippen molar-refractivity contribution in [3.63, 3.8) is 0 Å². The summed E-state index contributed by atoms with van der Waals surface area (Å²) in [4.78, 5) is 1.54. The standard InChI is InChI=1S/C11H14BrN5/c12-10-4-2-1-3-9(10)5-6-11-14-16-17(15-11)8-7-13/h1-4H,5-8,13H2. The van der Waals surface area contributed by atoms with E-state index in [1.807, 2.05) is 18.2 Å². The van der Waals surface area contributed by atoms with E-state index in [9.17, 15) is 0 Å². The monoisotopic (exact) mass is 295 g/mol. The summed E-state index contributed by atoms with van der Waals surface area (Å²) < 4.78 is 1.12. The summed E-state index contributed by atoms with van der Waals surface area (Å²) in [6, 6.07) is 8.16. The van der Waals surface area contributed by atoms with Gasteiger partial charge in [-0.15, -0.1) is 10.2 Å². The molecule has 6 heteroatoms. The third-order valence-electron chi connectivity index (χ3n) is 2.40. The quantitative estimate of drug-likeness (QED) is 0.899. The van der Waals surface area contributed by atoms with Crippen molar-refractivity contribution in [2.24, 2.45) is 5.73 Å². The molecule has 0 radical (unpaired) electrons. The molecule has 0 amide bonds. The van der Waals surface area contributed by atoms with E-state index in [1.165, 1.54) is 10.4 Å². The molecule has 0 saturated heterocycles. The van der Waals surface area contributed by atoms with E-state index in [2.05, 4.69) is 37.4 Å². The van der Waals surface area contributed by atoms with E-state index >= 15 is 0 Å². The number of nitrogens with two attached hydrogens (primary N) is 1. The van der Waals surface area contributed by atoms with Crippen molar-refractivity contribution in [1.82, 2.24) is 20.2 Å². The number of rotatable bonds is 5. The predicted molar refractivity (Wildman–Crippen MR) is 68.4 cm³/mol. The molecule has 5 nitrogen and oxygen atoms in total. The SMILES string of the molecule is NCCn1nnc(CCc2ccccc2Br)n1. The first-order chi connectivity index (χ1) is 8.29. The smallest absolute Gasteiger partial charge is 0.175 e. The van der Waals surface area contributed by atoms with Crippen LogP contribution in [0.2, 0.25) is 0 Å². The van der Waals surface area contributed by atoms with E-state index in [0.29, 0.717) is 13.1 Å². The van der Waals surface area contributed by atoms with E-state index in [4.69, 9.17) is 5.73 Å². The Labute approximate surface area is 108 Å². The van der Waals surface area contributed by atoms with Gasteiger partial charge in [-0.1, -0.05) is 34.1 Å². The summed E-state index contributed by atoms with van der Waals surface area (Å²) in [5.74, 6) is 0.759. The molecular formula is C11H14BrN5. The number of tetrazole rings is 1. The minimum absolute atomic E-state index is 0.528. The zero-order chi connectivity index (χ0) is 12.1. The Hall–Kier alpha value is -1.27. The second kappa shape index (κ2) is 5.88. The highest BCUT2D eigenvalue weighted by atomic mass is 79.9. The molecule has 2 N–H and O–H groups in total. The lowest BCUT2D eigenvalue weighted by atomic mass is 10.1. The minimum atomic E-state index is 0.528. The molecule has 2 aromatic rings. The van der Waals surface area contributed by atoms with Gasteiger partial charge in [0, 0.05) is 17.4 Å². The van der Waals surface area contributed by atoms with Gasteiger partial charge in [0.2, 0.25) is 0 Å². The molecule has 0 aliphatic heterocycles. The average Bonchev–Trinajstić information content (AvgIpc) is 2.76. The summed E-state index contributed by atoms with van der Waals surface area (Å²) in [7, 11) is 0. The first-order valence-electron chi connectivity index (χ1n) is 5.50. The van der Waals surface area contributed by atoms with Crippen molar-refractivity contribution in [2.45, 2.75) is 19.4 Å². The molecule has 1 heterocycles. The van der Waals surface area contributed by atoms with Gasteiger partial charge >= 0.3 is 0 Å². The minimum Gasteiger partial charge on any atom is -0.329 e. The third-order valence-corrected chi connectivity index (χ3v) is 3.17. The molecule has 0 atom stereocenters. The molecular weight excluding hydrogens is 282 g/mol. The van der Waals surface area contributed by atoms with Crippen LogP contribution in [0, 0.1) is 0 Å². The van der Waals surface area contributed by atoms with E-state index in [-0.39, 0.29) is 0 Å². The number of hydrogen-bond donors (Lipinski definition) is 1. The summed E-state index contributed by atoms with van der Waals surface area (Å²) in [6.45, 7) is 1.14. The highest BCUT2D eigenvalue weighted by Gasteiger charge is 2.04. The van der Waals surface area contributed by atoms with Crippen molar-refractivity contribution in [2.75, 3.05) is 6.54 Å². The highest BCUT2D eigenvalue weighted by Crippen LogP contribution is 2.17. The fourth-order valence-corrected chi connectivity index (χ4v) is 2.02. The fourth-order valence-electron chi connectivity index (χ4n) is 1.53. The number of aromatic nitrogens is 4. The summed E-state index contributed by atoms with van der Waals surface area (Å²) in [5, 5.41) is 12.2. The van der Waals surface area contributed by atoms with Crippen LogP contribution in [0.15, 0.2) is 28.7 Å². The zero-order valence-corrected chi connectivity index (χ0v) is 11.0. The molecule has 0 bridgehead atoms. The van der Waals surface area contributed by atoms with Crippen LogP contribution in [-0.2, 0) is 19.4 Å². The Bertz CT molecular complexity index is 482. The van der Waals surface area contributed by atoms with Gasteiger partial charge in [-0.05, 0) is 23.3 Å². The maximum Gasteiger partial charge on any atom is 0.175 e. The van der Waals surface area contributed by atoms with Crippen LogP contribution in [0.1, 0.15) is 11.4 Å². The van der Waals surface area contributed by atoms with Crippen LogP contribution in [0.3, 0.4) is 0 Å². The van der Waals surface area contributed by atoms with Crippen molar-refractivity contribution >= 4 is 15.9 Å². The Morgan fingerprint density at radius 2 is 2.06 bits per heavy atom. The molecule has 0 saturated carbocycles. The van der Waals surface area contributed by atoms with Gasteiger partial charge in [0.1, 0.15) is 0 Å². The van der Waals surface area contributed by atoms with Gasteiger partial charge in [0.15, 0.2) is 5.82 Å². The topological polar surface area (TPSA) is 69.6 Å². The van der Waals surface area contributed by atoms with Gasteiger partial charge in [-0.3, -0.25) is 0 Å². The molecule has 1 aromatic carbocycles. The van der Waals surface area contributed by atoms with Crippen LogP contribution >= 0.6 is 15.9 Å². The maximum atomic E-state index is 5.42. The normalized spacial score (nSPS) is 10.7. The molecule has 90 valence electrons.